The minimum atomic E-state index is 0.665. The summed E-state index contributed by atoms with van der Waals surface area (Å²) in [5.41, 5.74) is 1.52. The highest BCUT2D eigenvalue weighted by molar-refractivity contribution is 5.86. The molecule has 0 aliphatic carbocycles. The van der Waals surface area contributed by atoms with Crippen molar-refractivity contribution in [2.24, 2.45) is 4.99 Å². The van der Waals surface area contributed by atoms with Crippen molar-refractivity contribution in [2.45, 2.75) is 103 Å². The predicted molar refractivity (Wildman–Crippen MR) is 82.6 cm³/mol. The van der Waals surface area contributed by atoms with Crippen molar-refractivity contribution in [3.8, 4) is 0 Å². The van der Waals surface area contributed by atoms with Crippen molar-refractivity contribution in [1.82, 2.24) is 0 Å². The van der Waals surface area contributed by atoms with Crippen LogP contribution in [0.1, 0.15) is 97.3 Å². The predicted octanol–water partition coefficient (Wildman–Crippen LogP) is 5.92. The van der Waals surface area contributed by atoms with Crippen molar-refractivity contribution >= 4 is 5.71 Å². The van der Waals surface area contributed by atoms with E-state index in [2.05, 4.69) is 13.8 Å². The molecule has 1 heterocycles. The van der Waals surface area contributed by atoms with Crippen LogP contribution >= 0.6 is 0 Å². The number of hydrogen-bond donors (Lipinski definition) is 0. The first-order chi connectivity index (χ1) is 8.86. The minimum absolute atomic E-state index is 0.665. The molecule has 1 unspecified atom stereocenters. The summed E-state index contributed by atoms with van der Waals surface area (Å²) in [7, 11) is 0. The second-order valence-corrected chi connectivity index (χ2v) is 5.87. The second kappa shape index (κ2) is 10.6. The summed E-state index contributed by atoms with van der Waals surface area (Å²) in [6, 6.07) is 0.665. The Kier molecular flexibility index (Phi) is 9.24. The molecule has 0 aromatic rings. The van der Waals surface area contributed by atoms with E-state index in [1.165, 1.54) is 89.2 Å². The van der Waals surface area contributed by atoms with E-state index in [1.54, 1.807) is 0 Å². The fraction of sp³-hybridized carbons (Fsp3) is 0.941. The summed E-state index contributed by atoms with van der Waals surface area (Å²) < 4.78 is 0. The van der Waals surface area contributed by atoms with Crippen LogP contribution < -0.4 is 0 Å². The molecule has 0 saturated heterocycles. The Labute approximate surface area is 114 Å². The van der Waals surface area contributed by atoms with Gasteiger partial charge in [0.15, 0.2) is 0 Å². The highest BCUT2D eigenvalue weighted by Crippen LogP contribution is 2.19. The fourth-order valence-corrected chi connectivity index (χ4v) is 2.85. The van der Waals surface area contributed by atoms with Crippen molar-refractivity contribution in [2.75, 3.05) is 0 Å². The van der Waals surface area contributed by atoms with Gasteiger partial charge in [-0.15, -0.1) is 0 Å². The van der Waals surface area contributed by atoms with E-state index in [0.29, 0.717) is 6.04 Å². The molecule has 1 heteroatoms. The fourth-order valence-electron chi connectivity index (χ4n) is 2.85. The van der Waals surface area contributed by atoms with Gasteiger partial charge in [0.1, 0.15) is 0 Å². The lowest BCUT2D eigenvalue weighted by atomic mass is 10.0. The van der Waals surface area contributed by atoms with Gasteiger partial charge in [-0.1, -0.05) is 65.2 Å². The molecule has 106 valence electrons. The van der Waals surface area contributed by atoms with Gasteiger partial charge < -0.3 is 0 Å². The number of nitrogens with zero attached hydrogens (tertiary/aromatic N) is 1. The maximum absolute atomic E-state index is 4.79. The Morgan fingerprint density at radius 3 is 2.06 bits per heavy atom. The lowest BCUT2D eigenvalue weighted by Crippen LogP contribution is -1.94. The van der Waals surface area contributed by atoms with E-state index in [4.69, 9.17) is 4.99 Å². The third kappa shape index (κ3) is 7.18. The zero-order valence-electron chi connectivity index (χ0n) is 12.7. The van der Waals surface area contributed by atoms with Crippen LogP contribution in [0.15, 0.2) is 4.99 Å². The van der Waals surface area contributed by atoms with Gasteiger partial charge in [0.05, 0.1) is 0 Å². The quantitative estimate of drug-likeness (QED) is 0.404. The van der Waals surface area contributed by atoms with Gasteiger partial charge in [0, 0.05) is 11.8 Å². The smallest absolute Gasteiger partial charge is 0.0500 e. The highest BCUT2D eigenvalue weighted by Gasteiger charge is 2.14. The van der Waals surface area contributed by atoms with Crippen LogP contribution in [0.5, 0.6) is 0 Å². The van der Waals surface area contributed by atoms with E-state index in [0.717, 1.165) is 0 Å². The summed E-state index contributed by atoms with van der Waals surface area (Å²) in [4.78, 5) is 4.79. The molecule has 0 bridgehead atoms. The van der Waals surface area contributed by atoms with Crippen LogP contribution in [0.4, 0.5) is 0 Å². The van der Waals surface area contributed by atoms with Gasteiger partial charge in [-0.05, 0) is 32.1 Å². The topological polar surface area (TPSA) is 12.4 Å². The SMILES string of the molecule is CCCCCCCCCCCC1=NC(CC)CC1. The van der Waals surface area contributed by atoms with Crippen LogP contribution in [0, 0.1) is 0 Å². The molecule has 0 spiro atoms. The number of hydrogen-bond acceptors (Lipinski definition) is 1. The average Bonchev–Trinajstić information content (AvgIpc) is 2.85. The third-order valence-corrected chi connectivity index (χ3v) is 4.17. The van der Waals surface area contributed by atoms with Gasteiger partial charge in [-0.3, -0.25) is 4.99 Å². The Balaban J connectivity index is 1.84. The van der Waals surface area contributed by atoms with Crippen molar-refractivity contribution in [3.05, 3.63) is 0 Å². The van der Waals surface area contributed by atoms with E-state index in [-0.39, 0.29) is 0 Å². The molecule has 1 rings (SSSR count). The molecule has 0 aromatic carbocycles. The van der Waals surface area contributed by atoms with Gasteiger partial charge >= 0.3 is 0 Å². The molecule has 0 aromatic heterocycles. The third-order valence-electron chi connectivity index (χ3n) is 4.17. The molecule has 1 atom stereocenters. The Bertz CT molecular complexity index is 220. The van der Waals surface area contributed by atoms with Crippen molar-refractivity contribution in [3.63, 3.8) is 0 Å². The molecule has 0 N–H and O–H groups in total. The van der Waals surface area contributed by atoms with Gasteiger partial charge in [0.25, 0.3) is 0 Å². The average molecular weight is 251 g/mol. The molecular weight excluding hydrogens is 218 g/mol. The summed E-state index contributed by atoms with van der Waals surface area (Å²) in [6.45, 7) is 4.55. The van der Waals surface area contributed by atoms with Gasteiger partial charge in [0.2, 0.25) is 0 Å². The lowest BCUT2D eigenvalue weighted by molar-refractivity contribution is 0.568. The zero-order chi connectivity index (χ0) is 13.1. The van der Waals surface area contributed by atoms with Crippen LogP contribution in [0.25, 0.3) is 0 Å². The number of rotatable bonds is 11. The molecule has 0 amide bonds. The van der Waals surface area contributed by atoms with Crippen LogP contribution in [-0.2, 0) is 0 Å². The second-order valence-electron chi connectivity index (χ2n) is 5.87. The Hall–Kier alpha value is -0.330. The summed E-state index contributed by atoms with van der Waals surface area (Å²) >= 11 is 0. The van der Waals surface area contributed by atoms with Crippen molar-refractivity contribution < 1.29 is 0 Å². The Morgan fingerprint density at radius 2 is 1.50 bits per heavy atom. The molecule has 18 heavy (non-hydrogen) atoms. The summed E-state index contributed by atoms with van der Waals surface area (Å²) in [5, 5.41) is 0. The van der Waals surface area contributed by atoms with Crippen molar-refractivity contribution in [1.29, 1.82) is 0 Å². The van der Waals surface area contributed by atoms with Crippen LogP contribution in [0.2, 0.25) is 0 Å². The summed E-state index contributed by atoms with van der Waals surface area (Å²) in [5.74, 6) is 0. The first-order valence-corrected chi connectivity index (χ1v) is 8.42. The minimum Gasteiger partial charge on any atom is -0.291 e. The summed E-state index contributed by atoms with van der Waals surface area (Å²) in [6.07, 6.45) is 18.0. The highest BCUT2D eigenvalue weighted by atomic mass is 14.8. The van der Waals surface area contributed by atoms with Gasteiger partial charge in [-0.25, -0.2) is 0 Å². The first kappa shape index (κ1) is 15.7. The van der Waals surface area contributed by atoms with Gasteiger partial charge in [-0.2, -0.15) is 0 Å². The van der Waals surface area contributed by atoms with Crippen LogP contribution in [0.3, 0.4) is 0 Å². The van der Waals surface area contributed by atoms with E-state index in [1.807, 2.05) is 0 Å². The maximum Gasteiger partial charge on any atom is 0.0500 e. The zero-order valence-corrected chi connectivity index (χ0v) is 12.7. The monoisotopic (exact) mass is 251 g/mol. The number of aliphatic imine (C=N–C) groups is 1. The molecule has 1 aliphatic rings. The number of unbranched alkanes of at least 4 members (excludes halogenated alkanes) is 8. The van der Waals surface area contributed by atoms with E-state index < -0.39 is 0 Å². The lowest BCUT2D eigenvalue weighted by Gasteiger charge is -2.02. The molecule has 0 radical (unpaired) electrons. The van der Waals surface area contributed by atoms with Crippen LogP contribution in [-0.4, -0.2) is 11.8 Å². The molecule has 1 aliphatic heterocycles. The van der Waals surface area contributed by atoms with E-state index >= 15 is 0 Å². The molecule has 0 saturated carbocycles. The normalized spacial score (nSPS) is 19.2. The maximum atomic E-state index is 4.79. The molecular formula is C17H33N. The molecule has 0 fully saturated rings. The first-order valence-electron chi connectivity index (χ1n) is 8.42. The Morgan fingerprint density at radius 1 is 0.889 bits per heavy atom. The largest absolute Gasteiger partial charge is 0.291 e. The van der Waals surface area contributed by atoms with E-state index in [9.17, 15) is 0 Å². The standard InChI is InChI=1S/C17H33N/c1-3-5-6-7-8-9-10-11-12-13-17-15-14-16(4-2)18-17/h16H,3-15H2,1-2H3. The molecule has 1 nitrogen and oxygen atoms in total.